The molecule has 1 aromatic carbocycles. The fourth-order valence-electron chi connectivity index (χ4n) is 2.70. The number of hydrogen-bond donors (Lipinski definition) is 2. The minimum absolute atomic E-state index is 0.0820. The summed E-state index contributed by atoms with van der Waals surface area (Å²) in [6.07, 6.45) is 2.71. The summed E-state index contributed by atoms with van der Waals surface area (Å²) < 4.78 is 7.76. The number of nitrogens with two attached hydrogens (primary N) is 1. The molecular weight excluding hydrogens is 264 g/mol. The van der Waals surface area contributed by atoms with Gasteiger partial charge >= 0.3 is 0 Å². The second-order valence-electron chi connectivity index (χ2n) is 5.70. The molecule has 0 amide bonds. The summed E-state index contributed by atoms with van der Waals surface area (Å²) in [5.74, 6) is 6.73. The Morgan fingerprint density at radius 2 is 2.14 bits per heavy atom. The van der Waals surface area contributed by atoms with Gasteiger partial charge in [-0.05, 0) is 44.4 Å². The topological polar surface area (TPSA) is 65.1 Å². The lowest BCUT2D eigenvalue weighted by Crippen LogP contribution is -2.29. The summed E-state index contributed by atoms with van der Waals surface area (Å²) in [6, 6.07) is 8.06. The number of aryl methyl sites for hydroxylation is 2. The molecule has 1 unspecified atom stereocenters. The molecule has 112 valence electrons. The van der Waals surface area contributed by atoms with E-state index >= 15 is 0 Å². The van der Waals surface area contributed by atoms with Gasteiger partial charge in [0.2, 0.25) is 0 Å². The van der Waals surface area contributed by atoms with E-state index in [0.717, 1.165) is 41.1 Å². The molecule has 1 aliphatic carbocycles. The Labute approximate surface area is 125 Å². The largest absolute Gasteiger partial charge is 0.490 e. The van der Waals surface area contributed by atoms with E-state index in [2.05, 4.69) is 29.6 Å². The maximum atomic E-state index is 5.87. The molecule has 5 heteroatoms. The molecule has 3 rings (SSSR count). The molecule has 1 atom stereocenters. The Bertz CT molecular complexity index is 646. The highest BCUT2D eigenvalue weighted by atomic mass is 16.5. The van der Waals surface area contributed by atoms with E-state index in [-0.39, 0.29) is 6.04 Å². The number of nitrogens with one attached hydrogen (secondary N) is 1. The van der Waals surface area contributed by atoms with Gasteiger partial charge in [0.05, 0.1) is 17.8 Å². The van der Waals surface area contributed by atoms with Crippen molar-refractivity contribution in [2.45, 2.75) is 38.8 Å². The predicted molar refractivity (Wildman–Crippen MR) is 81.9 cm³/mol. The number of rotatable bonds is 5. The molecule has 0 radical (unpaired) electrons. The lowest BCUT2D eigenvalue weighted by atomic mass is 9.97. The second kappa shape index (κ2) is 5.50. The zero-order chi connectivity index (χ0) is 15.0. The maximum Gasteiger partial charge on any atom is 0.120 e. The van der Waals surface area contributed by atoms with Crippen molar-refractivity contribution in [1.29, 1.82) is 0 Å². The SMILES string of the molecule is Cc1nn(C)c(C)c1C(NN)c1cccc(OC2CC2)c1. The molecule has 0 bridgehead atoms. The molecule has 1 aromatic heterocycles. The summed E-state index contributed by atoms with van der Waals surface area (Å²) in [5.41, 5.74) is 7.24. The van der Waals surface area contributed by atoms with Gasteiger partial charge in [-0.1, -0.05) is 12.1 Å². The normalized spacial score (nSPS) is 16.0. The lowest BCUT2D eigenvalue weighted by Gasteiger charge is -2.18. The first-order valence-corrected chi connectivity index (χ1v) is 7.33. The lowest BCUT2D eigenvalue weighted by molar-refractivity contribution is 0.302. The molecule has 0 saturated heterocycles. The minimum Gasteiger partial charge on any atom is -0.490 e. The molecule has 0 aliphatic heterocycles. The average Bonchev–Trinajstić information content (AvgIpc) is 3.23. The van der Waals surface area contributed by atoms with Gasteiger partial charge in [-0.25, -0.2) is 5.43 Å². The van der Waals surface area contributed by atoms with Crippen molar-refractivity contribution in [3.05, 3.63) is 46.8 Å². The molecular formula is C16H22N4O. The standard InChI is InChI=1S/C16H22N4O/c1-10-15(11(2)20(3)19-10)16(18-17)12-5-4-6-14(9-12)21-13-7-8-13/h4-6,9,13,16,18H,7-8,17H2,1-3H3. The molecule has 1 aliphatic rings. The number of hydrazine groups is 1. The third kappa shape index (κ3) is 2.80. The van der Waals surface area contributed by atoms with Crippen LogP contribution in [0.25, 0.3) is 0 Å². The first-order valence-electron chi connectivity index (χ1n) is 7.33. The Balaban J connectivity index is 1.95. The van der Waals surface area contributed by atoms with Crippen molar-refractivity contribution in [2.75, 3.05) is 0 Å². The van der Waals surface area contributed by atoms with E-state index in [9.17, 15) is 0 Å². The number of ether oxygens (including phenoxy) is 1. The van der Waals surface area contributed by atoms with Crippen LogP contribution in [0.15, 0.2) is 24.3 Å². The van der Waals surface area contributed by atoms with E-state index < -0.39 is 0 Å². The summed E-state index contributed by atoms with van der Waals surface area (Å²) in [7, 11) is 1.95. The fraction of sp³-hybridized carbons (Fsp3) is 0.438. The van der Waals surface area contributed by atoms with Gasteiger partial charge < -0.3 is 4.74 Å². The maximum absolute atomic E-state index is 5.87. The zero-order valence-corrected chi connectivity index (χ0v) is 12.8. The molecule has 1 saturated carbocycles. The number of benzene rings is 1. The Kier molecular flexibility index (Phi) is 3.69. The van der Waals surface area contributed by atoms with Gasteiger partial charge in [0.25, 0.3) is 0 Å². The highest BCUT2D eigenvalue weighted by Crippen LogP contribution is 2.31. The predicted octanol–water partition coefficient (Wildman–Crippen LogP) is 2.13. The van der Waals surface area contributed by atoms with Crippen molar-refractivity contribution in [2.24, 2.45) is 12.9 Å². The van der Waals surface area contributed by atoms with Crippen LogP contribution in [0, 0.1) is 13.8 Å². The smallest absolute Gasteiger partial charge is 0.120 e. The molecule has 3 N–H and O–H groups in total. The molecule has 1 fully saturated rings. The van der Waals surface area contributed by atoms with Crippen LogP contribution in [0.2, 0.25) is 0 Å². The summed E-state index contributed by atoms with van der Waals surface area (Å²) in [6.45, 7) is 4.07. The fourth-order valence-corrected chi connectivity index (χ4v) is 2.70. The highest BCUT2D eigenvalue weighted by Gasteiger charge is 2.25. The van der Waals surface area contributed by atoms with Crippen molar-refractivity contribution in [3.8, 4) is 5.75 Å². The van der Waals surface area contributed by atoms with Crippen molar-refractivity contribution < 1.29 is 4.74 Å². The number of aromatic nitrogens is 2. The third-order valence-electron chi connectivity index (χ3n) is 4.04. The molecule has 2 aromatic rings. The van der Waals surface area contributed by atoms with Crippen molar-refractivity contribution in [1.82, 2.24) is 15.2 Å². The highest BCUT2D eigenvalue weighted by molar-refractivity contribution is 5.40. The molecule has 1 heterocycles. The van der Waals surface area contributed by atoms with Crippen molar-refractivity contribution >= 4 is 0 Å². The average molecular weight is 286 g/mol. The van der Waals surface area contributed by atoms with Crippen LogP contribution in [-0.4, -0.2) is 15.9 Å². The van der Waals surface area contributed by atoms with Crippen LogP contribution in [0.4, 0.5) is 0 Å². The Hall–Kier alpha value is -1.85. The first-order chi connectivity index (χ1) is 10.1. The summed E-state index contributed by atoms with van der Waals surface area (Å²) >= 11 is 0. The van der Waals surface area contributed by atoms with Gasteiger partial charge in [-0.2, -0.15) is 5.10 Å². The van der Waals surface area contributed by atoms with Gasteiger partial charge in [-0.3, -0.25) is 10.5 Å². The van der Waals surface area contributed by atoms with E-state index in [1.165, 1.54) is 0 Å². The van der Waals surface area contributed by atoms with Crippen LogP contribution in [0.5, 0.6) is 5.75 Å². The third-order valence-corrected chi connectivity index (χ3v) is 4.04. The minimum atomic E-state index is -0.0820. The molecule has 5 nitrogen and oxygen atoms in total. The second-order valence-corrected chi connectivity index (χ2v) is 5.70. The van der Waals surface area contributed by atoms with Crippen molar-refractivity contribution in [3.63, 3.8) is 0 Å². The summed E-state index contributed by atoms with van der Waals surface area (Å²) in [5, 5.41) is 4.48. The van der Waals surface area contributed by atoms with Crippen LogP contribution in [-0.2, 0) is 7.05 Å². The first kappa shape index (κ1) is 14.1. The van der Waals surface area contributed by atoms with Crippen LogP contribution in [0.3, 0.4) is 0 Å². The Morgan fingerprint density at radius 1 is 1.38 bits per heavy atom. The van der Waals surface area contributed by atoms with Gasteiger partial charge in [0.1, 0.15) is 5.75 Å². The van der Waals surface area contributed by atoms with Crippen LogP contribution < -0.4 is 16.0 Å². The number of hydrogen-bond acceptors (Lipinski definition) is 4. The van der Waals surface area contributed by atoms with E-state index in [1.54, 1.807) is 0 Å². The zero-order valence-electron chi connectivity index (χ0n) is 12.8. The van der Waals surface area contributed by atoms with Crippen LogP contribution in [0.1, 0.15) is 41.4 Å². The van der Waals surface area contributed by atoms with E-state index in [4.69, 9.17) is 10.6 Å². The van der Waals surface area contributed by atoms with E-state index in [1.807, 2.05) is 30.8 Å². The Morgan fingerprint density at radius 3 is 2.71 bits per heavy atom. The molecule has 21 heavy (non-hydrogen) atoms. The summed E-state index contributed by atoms with van der Waals surface area (Å²) in [4.78, 5) is 0. The van der Waals surface area contributed by atoms with Crippen LogP contribution >= 0.6 is 0 Å². The quantitative estimate of drug-likeness (QED) is 0.653. The van der Waals surface area contributed by atoms with Gasteiger partial charge in [0, 0.05) is 18.3 Å². The van der Waals surface area contributed by atoms with Gasteiger partial charge in [0.15, 0.2) is 0 Å². The van der Waals surface area contributed by atoms with Gasteiger partial charge in [-0.15, -0.1) is 0 Å². The molecule has 0 spiro atoms. The number of nitrogens with zero attached hydrogens (tertiary/aromatic N) is 2. The monoisotopic (exact) mass is 286 g/mol. The van der Waals surface area contributed by atoms with E-state index in [0.29, 0.717) is 6.10 Å².